The molecule has 0 aromatic heterocycles. The van der Waals surface area contributed by atoms with Gasteiger partial charge in [-0.3, -0.25) is 9.59 Å². The zero-order valence-corrected chi connectivity index (χ0v) is 11.8. The maximum atomic E-state index is 12.3. The quantitative estimate of drug-likeness (QED) is 0.742. The second-order valence-electron chi connectivity index (χ2n) is 6.03. The van der Waals surface area contributed by atoms with Crippen molar-refractivity contribution >= 4 is 17.5 Å². The van der Waals surface area contributed by atoms with Gasteiger partial charge >= 0.3 is 11.9 Å². The molecule has 4 heteroatoms. The number of rotatable bonds is 1. The largest absolute Gasteiger partial charge is 0.468 e. The van der Waals surface area contributed by atoms with Crippen LogP contribution in [0.4, 0.5) is 0 Å². The van der Waals surface area contributed by atoms with E-state index in [0.29, 0.717) is 6.42 Å². The van der Waals surface area contributed by atoms with Gasteiger partial charge in [0.05, 0.1) is 13.5 Å². The van der Waals surface area contributed by atoms with Crippen molar-refractivity contribution in [1.82, 2.24) is 0 Å². The lowest BCUT2D eigenvalue weighted by Gasteiger charge is -2.24. The fraction of sp³-hybridized carbons (Fsp3) is 0.412. The van der Waals surface area contributed by atoms with E-state index in [9.17, 15) is 9.59 Å². The Balaban J connectivity index is 1.84. The highest BCUT2D eigenvalue weighted by molar-refractivity contribution is 5.94. The van der Waals surface area contributed by atoms with Crippen LogP contribution in [0.25, 0.3) is 5.57 Å². The van der Waals surface area contributed by atoms with E-state index in [-0.39, 0.29) is 18.4 Å². The maximum absolute atomic E-state index is 12.3. The number of fused-ring (bicyclic) bond motifs is 4. The van der Waals surface area contributed by atoms with Gasteiger partial charge in [-0.05, 0) is 41.5 Å². The topological polar surface area (TPSA) is 52.6 Å². The first-order valence-electron chi connectivity index (χ1n) is 7.24. The molecule has 0 amide bonds. The Bertz CT molecular complexity index is 688. The van der Waals surface area contributed by atoms with Crippen LogP contribution in [0.1, 0.15) is 30.4 Å². The molecule has 1 aromatic rings. The third kappa shape index (κ3) is 1.56. The van der Waals surface area contributed by atoms with Gasteiger partial charge in [-0.1, -0.05) is 24.3 Å². The van der Waals surface area contributed by atoms with Gasteiger partial charge in [-0.2, -0.15) is 0 Å². The highest BCUT2D eigenvalue weighted by Crippen LogP contribution is 2.56. The first-order valence-corrected chi connectivity index (χ1v) is 7.24. The summed E-state index contributed by atoms with van der Waals surface area (Å²) >= 11 is 0. The highest BCUT2D eigenvalue weighted by atomic mass is 16.6. The minimum absolute atomic E-state index is 0.125. The van der Waals surface area contributed by atoms with E-state index in [4.69, 9.17) is 9.47 Å². The molecule has 108 valence electrons. The van der Waals surface area contributed by atoms with Crippen LogP contribution in [-0.4, -0.2) is 25.2 Å². The summed E-state index contributed by atoms with van der Waals surface area (Å²) in [6, 6.07) is 8.28. The Morgan fingerprint density at radius 3 is 2.90 bits per heavy atom. The van der Waals surface area contributed by atoms with Crippen molar-refractivity contribution in [2.45, 2.75) is 31.8 Å². The molecule has 1 fully saturated rings. The Morgan fingerprint density at radius 2 is 2.10 bits per heavy atom. The lowest BCUT2D eigenvalue weighted by molar-refractivity contribution is -0.154. The molecule has 1 aromatic carbocycles. The summed E-state index contributed by atoms with van der Waals surface area (Å²) in [5.74, 6) is -0.624. The molecule has 21 heavy (non-hydrogen) atoms. The van der Waals surface area contributed by atoms with E-state index in [1.807, 2.05) is 12.1 Å². The lowest BCUT2D eigenvalue weighted by Crippen LogP contribution is -2.37. The fourth-order valence-electron chi connectivity index (χ4n) is 4.09. The van der Waals surface area contributed by atoms with E-state index in [1.165, 1.54) is 23.8 Å². The molecule has 3 aliphatic rings. The molecule has 2 aliphatic carbocycles. The Morgan fingerprint density at radius 1 is 1.29 bits per heavy atom. The summed E-state index contributed by atoms with van der Waals surface area (Å²) in [6.45, 7) is 0. The van der Waals surface area contributed by atoms with Gasteiger partial charge in [-0.15, -0.1) is 0 Å². The normalized spacial score (nSPS) is 29.6. The average Bonchev–Trinajstić information content (AvgIpc) is 2.98. The minimum Gasteiger partial charge on any atom is -0.468 e. The van der Waals surface area contributed by atoms with Crippen molar-refractivity contribution in [3.05, 3.63) is 41.0 Å². The molecular formula is C17H16O4. The zero-order valence-electron chi connectivity index (χ0n) is 11.8. The van der Waals surface area contributed by atoms with Crippen LogP contribution >= 0.6 is 0 Å². The molecule has 0 radical (unpaired) electrons. The van der Waals surface area contributed by atoms with Crippen LogP contribution in [0.5, 0.6) is 0 Å². The first kappa shape index (κ1) is 12.6. The summed E-state index contributed by atoms with van der Waals surface area (Å²) in [7, 11) is 1.38. The summed E-state index contributed by atoms with van der Waals surface area (Å²) in [4.78, 5) is 24.1. The summed E-state index contributed by atoms with van der Waals surface area (Å²) in [5, 5.41) is 0. The van der Waals surface area contributed by atoms with Crippen LogP contribution in [-0.2, 0) is 25.5 Å². The average molecular weight is 284 g/mol. The number of carbonyl (C=O) groups is 2. The fourth-order valence-corrected chi connectivity index (χ4v) is 4.09. The Labute approximate surface area is 122 Å². The van der Waals surface area contributed by atoms with Crippen molar-refractivity contribution in [1.29, 1.82) is 0 Å². The van der Waals surface area contributed by atoms with Crippen molar-refractivity contribution < 1.29 is 19.1 Å². The van der Waals surface area contributed by atoms with Crippen molar-refractivity contribution in [2.24, 2.45) is 5.41 Å². The molecule has 0 saturated carbocycles. The molecule has 0 spiro atoms. The number of ether oxygens (including phenoxy) is 2. The van der Waals surface area contributed by atoms with Gasteiger partial charge in [0.2, 0.25) is 0 Å². The Hall–Kier alpha value is -2.10. The van der Waals surface area contributed by atoms with Gasteiger partial charge < -0.3 is 9.47 Å². The molecule has 1 heterocycles. The van der Waals surface area contributed by atoms with E-state index < -0.39 is 11.5 Å². The number of carbonyl (C=O) groups excluding carboxylic acids is 2. The van der Waals surface area contributed by atoms with Crippen LogP contribution in [0.15, 0.2) is 29.8 Å². The molecule has 1 saturated heterocycles. The predicted molar refractivity (Wildman–Crippen MR) is 75.2 cm³/mol. The summed E-state index contributed by atoms with van der Waals surface area (Å²) < 4.78 is 10.5. The molecule has 4 nitrogen and oxygen atoms in total. The smallest absolute Gasteiger partial charge is 0.316 e. The van der Waals surface area contributed by atoms with Crippen molar-refractivity contribution in [3.8, 4) is 0 Å². The van der Waals surface area contributed by atoms with Crippen LogP contribution in [0, 0.1) is 5.41 Å². The monoisotopic (exact) mass is 284 g/mol. The van der Waals surface area contributed by atoms with E-state index >= 15 is 0 Å². The van der Waals surface area contributed by atoms with Gasteiger partial charge in [0.15, 0.2) is 0 Å². The van der Waals surface area contributed by atoms with Gasteiger partial charge in [0, 0.05) is 0 Å². The molecule has 0 bridgehead atoms. The molecule has 0 unspecified atom stereocenters. The number of aryl methyl sites for hydroxylation is 1. The van der Waals surface area contributed by atoms with Gasteiger partial charge in [-0.25, -0.2) is 0 Å². The number of hydrogen-bond donors (Lipinski definition) is 0. The van der Waals surface area contributed by atoms with E-state index in [2.05, 4.69) is 12.1 Å². The number of allylic oxidation sites excluding steroid dienone is 1. The van der Waals surface area contributed by atoms with Crippen LogP contribution in [0.3, 0.4) is 0 Å². The number of esters is 2. The zero-order chi connectivity index (χ0) is 14.6. The maximum Gasteiger partial charge on any atom is 0.316 e. The summed E-state index contributed by atoms with van der Waals surface area (Å²) in [6.07, 6.45) is 2.02. The lowest BCUT2D eigenvalue weighted by atomic mass is 9.80. The van der Waals surface area contributed by atoms with E-state index in [0.717, 1.165) is 18.4 Å². The van der Waals surface area contributed by atoms with Gasteiger partial charge in [0.25, 0.3) is 0 Å². The third-order valence-electron chi connectivity index (χ3n) is 5.01. The second kappa shape index (κ2) is 4.20. The highest BCUT2D eigenvalue weighted by Gasteiger charge is 2.61. The van der Waals surface area contributed by atoms with Crippen LogP contribution < -0.4 is 0 Å². The SMILES string of the molecule is COC(=O)[C@@]12CC(=O)O[C@@H]1C1=C(C2)c2ccccc2CC1. The van der Waals surface area contributed by atoms with E-state index in [1.54, 1.807) is 0 Å². The molecule has 1 aliphatic heterocycles. The Kier molecular flexibility index (Phi) is 2.52. The number of methoxy groups -OCH3 is 1. The van der Waals surface area contributed by atoms with Crippen molar-refractivity contribution in [2.75, 3.05) is 7.11 Å². The molecule has 4 rings (SSSR count). The first-order chi connectivity index (χ1) is 10.2. The van der Waals surface area contributed by atoms with Crippen molar-refractivity contribution in [3.63, 3.8) is 0 Å². The second-order valence-corrected chi connectivity index (χ2v) is 6.03. The standard InChI is InChI=1S/C17H16O4/c1-20-16(19)17-8-13-11-5-3-2-4-10(11)6-7-12(13)15(17)21-14(18)9-17/h2-5,15H,6-9H2,1H3/t15-,17+/m1/s1. The predicted octanol–water partition coefficient (Wildman–Crippen LogP) is 2.27. The van der Waals surface area contributed by atoms with Gasteiger partial charge in [0.1, 0.15) is 11.5 Å². The molecular weight excluding hydrogens is 268 g/mol. The molecule has 2 atom stereocenters. The molecule has 0 N–H and O–H groups in total. The van der Waals surface area contributed by atoms with Crippen LogP contribution in [0.2, 0.25) is 0 Å². The number of benzene rings is 1. The summed E-state index contributed by atoms with van der Waals surface area (Å²) in [5.41, 5.74) is 3.97. The minimum atomic E-state index is -0.839. The third-order valence-corrected chi connectivity index (χ3v) is 5.01. The number of hydrogen-bond acceptors (Lipinski definition) is 4.